The van der Waals surface area contributed by atoms with E-state index in [1.165, 1.54) is 18.2 Å². The molecule has 0 aliphatic carbocycles. The van der Waals surface area contributed by atoms with Crippen molar-refractivity contribution in [1.82, 2.24) is 9.97 Å². The molecule has 33 heavy (non-hydrogen) atoms. The lowest BCUT2D eigenvalue weighted by molar-refractivity contribution is 0.0698. The van der Waals surface area contributed by atoms with Crippen LogP contribution in [0.5, 0.6) is 0 Å². The van der Waals surface area contributed by atoms with Crippen molar-refractivity contribution in [3.05, 3.63) is 99.4 Å². The number of allylic oxidation sites excluding steroid dienone is 1. The highest BCUT2D eigenvalue weighted by Gasteiger charge is 2.18. The number of H-pyrrole nitrogens is 1. The van der Waals surface area contributed by atoms with Crippen LogP contribution in [0.2, 0.25) is 0 Å². The van der Waals surface area contributed by atoms with Crippen LogP contribution in [-0.2, 0) is 0 Å². The van der Waals surface area contributed by atoms with E-state index in [4.69, 9.17) is 9.83 Å². The van der Waals surface area contributed by atoms with E-state index in [0.717, 1.165) is 5.56 Å². The van der Waals surface area contributed by atoms with Gasteiger partial charge < -0.3 is 19.8 Å². The van der Waals surface area contributed by atoms with Crippen molar-refractivity contribution in [3.8, 4) is 0 Å². The van der Waals surface area contributed by atoms with Gasteiger partial charge in [0.25, 0.3) is 0 Å². The number of aromatic carboxylic acids is 1. The number of para-hydroxylation sites is 1. The summed E-state index contributed by atoms with van der Waals surface area (Å²) in [6, 6.07) is 11.2. The van der Waals surface area contributed by atoms with E-state index in [0.29, 0.717) is 28.0 Å². The number of carboxylic acids is 1. The predicted octanol–water partition coefficient (Wildman–Crippen LogP) is 4.78. The van der Waals surface area contributed by atoms with Gasteiger partial charge in [-0.15, -0.1) is 0 Å². The van der Waals surface area contributed by atoms with E-state index in [1.54, 1.807) is 42.7 Å². The van der Waals surface area contributed by atoms with Gasteiger partial charge in [0, 0.05) is 29.7 Å². The zero-order chi connectivity index (χ0) is 23.5. The highest BCUT2D eigenvalue weighted by atomic mass is 16.4. The maximum Gasteiger partial charge on any atom is 0.337 e. The lowest BCUT2D eigenvalue weighted by Gasteiger charge is -2.19. The minimum Gasteiger partial charge on any atom is -0.478 e. The number of rotatable bonds is 7. The maximum atomic E-state index is 12.9. The van der Waals surface area contributed by atoms with Crippen LogP contribution in [0.1, 0.15) is 46.0 Å². The van der Waals surface area contributed by atoms with Gasteiger partial charge in [0.2, 0.25) is 0 Å². The molecule has 4 N–H and O–H groups in total. The molecule has 1 atom stereocenters. The standard InChI is InChI=1S/C25H22N4O4/c1-14-11-17(15(2)29-20-6-4-3-5-16(20)25(31)32)24-18(12-14)21(30)13-22(33-24)19(26)7-8-23-27-9-10-28-23/h3-13,15,26,29H,1-2H3,(H,27,28)(H,31,32)/b8-7-,26-19?. The summed E-state index contributed by atoms with van der Waals surface area (Å²) in [6.45, 7) is 3.74. The molecule has 8 heteroatoms. The van der Waals surface area contributed by atoms with Gasteiger partial charge in [-0.3, -0.25) is 10.2 Å². The second-order valence-corrected chi connectivity index (χ2v) is 7.64. The molecule has 4 aromatic rings. The van der Waals surface area contributed by atoms with Gasteiger partial charge in [0.15, 0.2) is 11.2 Å². The van der Waals surface area contributed by atoms with Gasteiger partial charge in [0.1, 0.15) is 11.4 Å². The maximum absolute atomic E-state index is 12.9. The Labute approximate surface area is 189 Å². The van der Waals surface area contributed by atoms with E-state index in [-0.39, 0.29) is 28.5 Å². The molecule has 2 aromatic heterocycles. The number of aryl methyl sites for hydroxylation is 1. The van der Waals surface area contributed by atoms with Crippen molar-refractivity contribution >= 4 is 34.4 Å². The normalized spacial score (nSPS) is 12.2. The summed E-state index contributed by atoms with van der Waals surface area (Å²) in [6.07, 6.45) is 6.40. The molecule has 2 aromatic carbocycles. The fourth-order valence-corrected chi connectivity index (χ4v) is 3.61. The number of fused-ring (bicyclic) bond motifs is 1. The molecule has 0 saturated carbocycles. The molecule has 166 valence electrons. The fraction of sp³-hybridized carbons (Fsp3) is 0.120. The summed E-state index contributed by atoms with van der Waals surface area (Å²) in [5, 5.41) is 21.4. The summed E-state index contributed by atoms with van der Waals surface area (Å²) >= 11 is 0. The monoisotopic (exact) mass is 442 g/mol. The summed E-state index contributed by atoms with van der Waals surface area (Å²) in [4.78, 5) is 31.4. The van der Waals surface area contributed by atoms with E-state index < -0.39 is 5.97 Å². The van der Waals surface area contributed by atoms with Crippen molar-refractivity contribution in [2.45, 2.75) is 19.9 Å². The molecule has 0 spiro atoms. The average Bonchev–Trinajstić information content (AvgIpc) is 3.31. The first-order chi connectivity index (χ1) is 15.8. The van der Waals surface area contributed by atoms with E-state index >= 15 is 0 Å². The molecule has 0 amide bonds. The summed E-state index contributed by atoms with van der Waals surface area (Å²) in [5.41, 5.74) is 2.27. The number of carboxylic acid groups (broad SMARTS) is 1. The number of benzene rings is 2. The van der Waals surface area contributed by atoms with Gasteiger partial charge in [-0.05, 0) is 49.8 Å². The largest absolute Gasteiger partial charge is 0.478 e. The molecule has 0 bridgehead atoms. The quantitative estimate of drug-likeness (QED) is 0.305. The van der Waals surface area contributed by atoms with E-state index in [2.05, 4.69) is 15.3 Å². The van der Waals surface area contributed by atoms with Crippen molar-refractivity contribution in [2.24, 2.45) is 0 Å². The Hall–Kier alpha value is -4.46. The molecule has 0 radical (unpaired) electrons. The number of carbonyl (C=O) groups is 1. The van der Waals surface area contributed by atoms with Crippen LogP contribution in [0.3, 0.4) is 0 Å². The first-order valence-corrected chi connectivity index (χ1v) is 10.3. The number of aromatic amines is 1. The highest BCUT2D eigenvalue weighted by Crippen LogP contribution is 2.29. The molecule has 8 nitrogen and oxygen atoms in total. The molecule has 1 unspecified atom stereocenters. The van der Waals surface area contributed by atoms with Crippen LogP contribution in [0, 0.1) is 12.3 Å². The van der Waals surface area contributed by atoms with Crippen LogP contribution in [-0.4, -0.2) is 26.8 Å². The summed E-state index contributed by atoms with van der Waals surface area (Å²) < 4.78 is 6.03. The third-order valence-corrected chi connectivity index (χ3v) is 5.19. The lowest BCUT2D eigenvalue weighted by atomic mass is 10.0. The number of imidazole rings is 1. The average molecular weight is 442 g/mol. The molecular formula is C25H22N4O4. The van der Waals surface area contributed by atoms with Gasteiger partial charge in [-0.2, -0.15) is 0 Å². The van der Waals surface area contributed by atoms with Crippen LogP contribution in [0.25, 0.3) is 17.0 Å². The van der Waals surface area contributed by atoms with Crippen LogP contribution in [0.4, 0.5) is 5.69 Å². The summed E-state index contributed by atoms with van der Waals surface area (Å²) in [7, 11) is 0. The smallest absolute Gasteiger partial charge is 0.337 e. The molecule has 0 aliphatic heterocycles. The highest BCUT2D eigenvalue weighted by molar-refractivity contribution is 6.07. The van der Waals surface area contributed by atoms with Gasteiger partial charge >= 0.3 is 5.97 Å². The Morgan fingerprint density at radius 1 is 1.27 bits per heavy atom. The SMILES string of the molecule is Cc1cc(C(C)Nc2ccccc2C(=O)O)c2oc(C(=N)/C=C\c3ncc[nH]3)cc(=O)c2c1. The lowest BCUT2D eigenvalue weighted by Crippen LogP contribution is -2.13. The topological polar surface area (TPSA) is 132 Å². The fourth-order valence-electron chi connectivity index (χ4n) is 3.61. The number of nitrogens with one attached hydrogen (secondary N) is 3. The second-order valence-electron chi connectivity index (χ2n) is 7.64. The third-order valence-electron chi connectivity index (χ3n) is 5.19. The molecular weight excluding hydrogens is 420 g/mol. The van der Waals surface area contributed by atoms with Gasteiger partial charge in [-0.1, -0.05) is 18.2 Å². The minimum absolute atomic E-state index is 0.0220. The number of hydrogen-bond acceptors (Lipinski definition) is 6. The van der Waals surface area contributed by atoms with Crippen LogP contribution in [0.15, 0.2) is 70.1 Å². The number of anilines is 1. The van der Waals surface area contributed by atoms with Crippen molar-refractivity contribution in [3.63, 3.8) is 0 Å². The minimum atomic E-state index is -1.04. The third kappa shape index (κ3) is 4.59. The zero-order valence-electron chi connectivity index (χ0n) is 18.0. The first-order valence-electron chi connectivity index (χ1n) is 10.3. The molecule has 0 fully saturated rings. The van der Waals surface area contributed by atoms with E-state index in [9.17, 15) is 14.7 Å². The molecule has 0 aliphatic rings. The molecule has 4 rings (SSSR count). The Bertz CT molecular complexity index is 1430. The number of hydrogen-bond donors (Lipinski definition) is 4. The Balaban J connectivity index is 1.76. The second kappa shape index (κ2) is 8.96. The predicted molar refractivity (Wildman–Crippen MR) is 127 cm³/mol. The zero-order valence-corrected chi connectivity index (χ0v) is 18.0. The van der Waals surface area contributed by atoms with E-state index in [1.807, 2.05) is 19.9 Å². The van der Waals surface area contributed by atoms with Gasteiger partial charge in [0.05, 0.1) is 22.7 Å². The Morgan fingerprint density at radius 2 is 2.06 bits per heavy atom. The Kier molecular flexibility index (Phi) is 5.91. The first kappa shape index (κ1) is 21.8. The van der Waals surface area contributed by atoms with Gasteiger partial charge in [-0.25, -0.2) is 9.78 Å². The Morgan fingerprint density at radius 3 is 2.79 bits per heavy atom. The molecule has 0 saturated heterocycles. The van der Waals surface area contributed by atoms with Crippen LogP contribution >= 0.6 is 0 Å². The van der Waals surface area contributed by atoms with Crippen molar-refractivity contribution in [2.75, 3.05) is 5.32 Å². The molecule has 2 heterocycles. The van der Waals surface area contributed by atoms with Crippen molar-refractivity contribution in [1.29, 1.82) is 5.41 Å². The van der Waals surface area contributed by atoms with Crippen molar-refractivity contribution < 1.29 is 14.3 Å². The number of aromatic nitrogens is 2. The number of nitrogens with zero attached hydrogens (tertiary/aromatic N) is 1. The summed E-state index contributed by atoms with van der Waals surface area (Å²) in [5.74, 6) is -0.335. The van der Waals surface area contributed by atoms with Crippen LogP contribution < -0.4 is 10.7 Å².